The maximum atomic E-state index is 10.3. The summed E-state index contributed by atoms with van der Waals surface area (Å²) in [4.78, 5) is 0. The van der Waals surface area contributed by atoms with E-state index >= 15 is 0 Å². The largest absolute Gasteiger partial charge is 0.396 e. The van der Waals surface area contributed by atoms with E-state index in [1.54, 1.807) is 0 Å². The maximum absolute atomic E-state index is 10.3. The van der Waals surface area contributed by atoms with Gasteiger partial charge in [-0.05, 0) is 12.8 Å². The third-order valence-electron chi connectivity index (χ3n) is 5.25. The van der Waals surface area contributed by atoms with Gasteiger partial charge in [-0.15, -0.1) is 0 Å². The fourth-order valence-corrected chi connectivity index (χ4v) is 3.77. The second-order valence-electron chi connectivity index (χ2n) is 7.85. The first-order valence-corrected chi connectivity index (χ1v) is 9.07. The molecule has 22 heavy (non-hydrogen) atoms. The first-order chi connectivity index (χ1) is 10.4. The van der Waals surface area contributed by atoms with E-state index in [0.717, 1.165) is 19.3 Å². The molecule has 2 fully saturated rings. The van der Waals surface area contributed by atoms with Crippen LogP contribution in [0.5, 0.6) is 0 Å². The summed E-state index contributed by atoms with van der Waals surface area (Å²) in [6, 6.07) is 0. The van der Waals surface area contributed by atoms with Crippen molar-refractivity contribution in [1.29, 1.82) is 0 Å². The second-order valence-corrected chi connectivity index (χ2v) is 7.85. The van der Waals surface area contributed by atoms with Gasteiger partial charge in [-0.25, -0.2) is 0 Å². The third-order valence-corrected chi connectivity index (χ3v) is 5.25. The zero-order valence-electron chi connectivity index (χ0n) is 14.5. The topological polar surface area (TPSA) is 58.9 Å². The van der Waals surface area contributed by atoms with Crippen molar-refractivity contribution in [2.45, 2.75) is 103 Å². The van der Waals surface area contributed by atoms with E-state index in [2.05, 4.69) is 6.92 Å². The molecule has 2 aliphatic heterocycles. The zero-order valence-corrected chi connectivity index (χ0v) is 14.5. The van der Waals surface area contributed by atoms with Crippen LogP contribution in [0.4, 0.5) is 0 Å². The molecule has 0 aromatic carbocycles. The Morgan fingerprint density at radius 1 is 1.14 bits per heavy atom. The predicted octanol–water partition coefficient (Wildman–Crippen LogP) is 3.39. The van der Waals surface area contributed by atoms with Crippen molar-refractivity contribution in [3.63, 3.8) is 0 Å². The van der Waals surface area contributed by atoms with Crippen LogP contribution in [0, 0.1) is 5.41 Å². The van der Waals surface area contributed by atoms with Gasteiger partial charge in [-0.2, -0.15) is 0 Å². The van der Waals surface area contributed by atoms with Crippen LogP contribution >= 0.6 is 0 Å². The van der Waals surface area contributed by atoms with Crippen molar-refractivity contribution in [3.8, 4) is 0 Å². The van der Waals surface area contributed by atoms with Crippen LogP contribution in [-0.4, -0.2) is 40.9 Å². The highest BCUT2D eigenvalue weighted by Crippen LogP contribution is 2.47. The molecule has 4 heteroatoms. The van der Waals surface area contributed by atoms with Gasteiger partial charge in [0.25, 0.3) is 0 Å². The molecule has 0 aliphatic carbocycles. The van der Waals surface area contributed by atoms with Crippen LogP contribution in [0.1, 0.15) is 78.6 Å². The predicted molar refractivity (Wildman–Crippen MR) is 86.6 cm³/mol. The van der Waals surface area contributed by atoms with Crippen LogP contribution < -0.4 is 0 Å². The summed E-state index contributed by atoms with van der Waals surface area (Å²) in [7, 11) is 0. The molecule has 2 heterocycles. The van der Waals surface area contributed by atoms with Crippen LogP contribution in [0.15, 0.2) is 0 Å². The van der Waals surface area contributed by atoms with Gasteiger partial charge in [0.15, 0.2) is 5.79 Å². The van der Waals surface area contributed by atoms with Crippen LogP contribution in [-0.2, 0) is 9.47 Å². The van der Waals surface area contributed by atoms with E-state index in [1.807, 2.05) is 13.8 Å². The molecule has 2 N–H and O–H groups in total. The summed E-state index contributed by atoms with van der Waals surface area (Å²) in [5, 5.41) is 19.8. The Morgan fingerprint density at radius 2 is 1.86 bits per heavy atom. The van der Waals surface area contributed by atoms with Gasteiger partial charge in [0.2, 0.25) is 0 Å². The van der Waals surface area contributed by atoms with E-state index in [9.17, 15) is 10.2 Å². The highest BCUT2D eigenvalue weighted by molar-refractivity contribution is 4.97. The molecule has 0 bridgehead atoms. The second kappa shape index (κ2) is 7.61. The molecule has 0 amide bonds. The lowest BCUT2D eigenvalue weighted by Crippen LogP contribution is -2.40. The van der Waals surface area contributed by atoms with E-state index in [4.69, 9.17) is 9.47 Å². The van der Waals surface area contributed by atoms with Gasteiger partial charge < -0.3 is 19.7 Å². The minimum atomic E-state index is -0.607. The Bertz CT molecular complexity index is 344. The lowest BCUT2D eigenvalue weighted by Gasteiger charge is -2.32. The van der Waals surface area contributed by atoms with Crippen molar-refractivity contribution in [2.75, 3.05) is 6.61 Å². The molecular weight excluding hydrogens is 280 g/mol. The first-order valence-electron chi connectivity index (χ1n) is 9.07. The van der Waals surface area contributed by atoms with Gasteiger partial charge in [0, 0.05) is 18.3 Å². The van der Waals surface area contributed by atoms with E-state index in [0.29, 0.717) is 6.42 Å². The van der Waals surface area contributed by atoms with E-state index in [-0.39, 0.29) is 18.8 Å². The molecule has 4 atom stereocenters. The lowest BCUT2D eigenvalue weighted by molar-refractivity contribution is -0.234. The Balaban J connectivity index is 1.80. The van der Waals surface area contributed by atoms with Crippen molar-refractivity contribution >= 4 is 0 Å². The number of hydrogen-bond donors (Lipinski definition) is 2. The van der Waals surface area contributed by atoms with E-state index in [1.165, 1.54) is 32.1 Å². The van der Waals surface area contributed by atoms with Crippen LogP contribution in [0.3, 0.4) is 0 Å². The number of aliphatic hydroxyl groups excluding tert-OH is 2. The van der Waals surface area contributed by atoms with Crippen molar-refractivity contribution in [1.82, 2.24) is 0 Å². The summed E-state index contributed by atoms with van der Waals surface area (Å²) in [5.41, 5.74) is -0.440. The van der Waals surface area contributed by atoms with Crippen LogP contribution in [0.2, 0.25) is 0 Å². The summed E-state index contributed by atoms with van der Waals surface area (Å²) in [5.74, 6) is -0.607. The van der Waals surface area contributed by atoms with Gasteiger partial charge in [-0.3, -0.25) is 0 Å². The lowest BCUT2D eigenvalue weighted by atomic mass is 9.84. The summed E-state index contributed by atoms with van der Waals surface area (Å²) in [6.45, 7) is 6.10. The molecule has 0 unspecified atom stereocenters. The standard InChI is InChI=1S/C18H34O4/c1-4-5-6-7-8-9-14-10-11-18(21-14)12-15(20)16(22-18)17(2,3)13-19/h14-16,19-20H,4-13H2,1-3H3/t14-,15-,16+,18-/m1/s1. The molecule has 2 rings (SSSR count). The average Bonchev–Trinajstić information content (AvgIpc) is 3.03. The molecule has 1 spiro atoms. The van der Waals surface area contributed by atoms with Crippen molar-refractivity contribution in [3.05, 3.63) is 0 Å². The molecule has 130 valence electrons. The van der Waals surface area contributed by atoms with E-state index < -0.39 is 17.3 Å². The van der Waals surface area contributed by atoms with Crippen molar-refractivity contribution in [2.24, 2.45) is 5.41 Å². The molecule has 0 aromatic rings. The number of rotatable bonds is 8. The Morgan fingerprint density at radius 3 is 2.55 bits per heavy atom. The van der Waals surface area contributed by atoms with Crippen molar-refractivity contribution < 1.29 is 19.7 Å². The molecular formula is C18H34O4. The van der Waals surface area contributed by atoms with Gasteiger partial charge in [0.1, 0.15) is 0 Å². The summed E-state index contributed by atoms with van der Waals surface area (Å²) < 4.78 is 12.3. The fraction of sp³-hybridized carbons (Fsp3) is 1.00. The molecule has 0 aromatic heterocycles. The highest BCUT2D eigenvalue weighted by Gasteiger charge is 2.54. The Labute approximate surface area is 135 Å². The first kappa shape index (κ1) is 18.2. The fourth-order valence-electron chi connectivity index (χ4n) is 3.77. The monoisotopic (exact) mass is 314 g/mol. The molecule has 4 nitrogen and oxygen atoms in total. The van der Waals surface area contributed by atoms with Gasteiger partial charge >= 0.3 is 0 Å². The number of hydrogen-bond acceptors (Lipinski definition) is 4. The molecule has 0 saturated carbocycles. The Hall–Kier alpha value is -0.160. The number of ether oxygens (including phenoxy) is 2. The summed E-state index contributed by atoms with van der Waals surface area (Å²) >= 11 is 0. The Kier molecular flexibility index (Phi) is 6.29. The number of aliphatic hydroxyl groups is 2. The minimum Gasteiger partial charge on any atom is -0.396 e. The molecule has 2 aliphatic rings. The van der Waals surface area contributed by atoms with Crippen LogP contribution in [0.25, 0.3) is 0 Å². The highest BCUT2D eigenvalue weighted by atomic mass is 16.7. The maximum Gasteiger partial charge on any atom is 0.171 e. The summed E-state index contributed by atoms with van der Waals surface area (Å²) in [6.07, 6.45) is 9.30. The molecule has 0 radical (unpaired) electrons. The minimum absolute atomic E-state index is 0.00562. The average molecular weight is 314 g/mol. The number of unbranched alkanes of at least 4 members (excludes halogenated alkanes) is 4. The SMILES string of the molecule is CCCCCCC[C@@H]1CC[C@@]2(C[C@@H](O)[C@@H](C(C)(C)CO)O2)O1. The van der Waals surface area contributed by atoms with Gasteiger partial charge in [0.05, 0.1) is 24.9 Å². The normalized spacial score (nSPS) is 35.6. The third kappa shape index (κ3) is 4.22. The smallest absolute Gasteiger partial charge is 0.171 e. The zero-order chi connectivity index (χ0) is 16.2. The quantitative estimate of drug-likeness (QED) is 0.674. The molecule has 2 saturated heterocycles. The van der Waals surface area contributed by atoms with Gasteiger partial charge in [-0.1, -0.05) is 52.9 Å².